The maximum absolute atomic E-state index is 5.40. The van der Waals surface area contributed by atoms with Crippen molar-refractivity contribution in [1.29, 1.82) is 0 Å². The molecule has 4 nitrogen and oxygen atoms in total. The molecule has 2 aromatic carbocycles. The van der Waals surface area contributed by atoms with E-state index in [1.54, 1.807) is 28.4 Å². The van der Waals surface area contributed by atoms with E-state index in [0.717, 1.165) is 22.3 Å². The van der Waals surface area contributed by atoms with Crippen LogP contribution in [0.15, 0.2) is 24.3 Å². The molecule has 0 N–H and O–H groups in total. The van der Waals surface area contributed by atoms with Crippen LogP contribution in [0, 0.1) is 0 Å². The Balaban J connectivity index is 2.86. The summed E-state index contributed by atoms with van der Waals surface area (Å²) in [6, 6.07) is 7.44. The van der Waals surface area contributed by atoms with Crippen LogP contribution < -0.4 is 18.9 Å². The summed E-state index contributed by atoms with van der Waals surface area (Å²) >= 11 is 0. The lowest BCUT2D eigenvalue weighted by atomic mass is 10.1. The number of hydrogen-bond acceptors (Lipinski definition) is 4. The van der Waals surface area contributed by atoms with E-state index in [2.05, 4.69) is 0 Å². The molecule has 4 heteroatoms. The first-order valence-corrected chi connectivity index (χ1v) is 5.51. The highest BCUT2D eigenvalue weighted by Crippen LogP contribution is 2.41. The summed E-state index contributed by atoms with van der Waals surface area (Å²) in [5, 5.41) is 1.77. The average Bonchev–Trinajstić information content (AvgIpc) is 2.44. The molecule has 0 radical (unpaired) electrons. The number of hydrogen-bond donors (Lipinski definition) is 0. The summed E-state index contributed by atoms with van der Waals surface area (Å²) in [6.07, 6.45) is 0. The Morgan fingerprint density at radius 1 is 0.667 bits per heavy atom. The second-order valence-corrected chi connectivity index (χ2v) is 3.72. The largest absolute Gasteiger partial charge is 0.497 e. The van der Waals surface area contributed by atoms with Crippen molar-refractivity contribution in [1.82, 2.24) is 0 Å². The second-order valence-electron chi connectivity index (χ2n) is 3.72. The fourth-order valence-electron chi connectivity index (χ4n) is 1.99. The topological polar surface area (TPSA) is 36.9 Å². The fraction of sp³-hybridized carbons (Fsp3) is 0.286. The zero-order valence-electron chi connectivity index (χ0n) is 10.9. The molecule has 0 aromatic heterocycles. The summed E-state index contributed by atoms with van der Waals surface area (Å²) < 4.78 is 21.4. The van der Waals surface area contributed by atoms with Crippen LogP contribution in [0.4, 0.5) is 0 Å². The predicted octanol–water partition coefficient (Wildman–Crippen LogP) is 2.87. The van der Waals surface area contributed by atoms with Gasteiger partial charge in [0, 0.05) is 11.5 Å². The van der Waals surface area contributed by atoms with Crippen molar-refractivity contribution in [2.45, 2.75) is 0 Å². The van der Waals surface area contributed by atoms with Crippen LogP contribution in [0.2, 0.25) is 0 Å². The van der Waals surface area contributed by atoms with E-state index in [0.29, 0.717) is 11.5 Å². The molecular weight excluding hydrogens is 232 g/mol. The summed E-state index contributed by atoms with van der Waals surface area (Å²) in [5.41, 5.74) is 0. The predicted molar refractivity (Wildman–Crippen MR) is 70.2 cm³/mol. The van der Waals surface area contributed by atoms with Gasteiger partial charge in [0.05, 0.1) is 33.8 Å². The van der Waals surface area contributed by atoms with Gasteiger partial charge in [-0.05, 0) is 18.2 Å². The Morgan fingerprint density at radius 3 is 1.83 bits per heavy atom. The van der Waals surface area contributed by atoms with Gasteiger partial charge in [-0.15, -0.1) is 0 Å². The van der Waals surface area contributed by atoms with Gasteiger partial charge >= 0.3 is 0 Å². The average molecular weight is 248 g/mol. The van der Waals surface area contributed by atoms with Gasteiger partial charge < -0.3 is 18.9 Å². The van der Waals surface area contributed by atoms with E-state index >= 15 is 0 Å². The van der Waals surface area contributed by atoms with Crippen LogP contribution in [0.1, 0.15) is 0 Å². The minimum atomic E-state index is 0.695. The van der Waals surface area contributed by atoms with Crippen molar-refractivity contribution in [3.05, 3.63) is 24.3 Å². The molecule has 0 saturated carbocycles. The first kappa shape index (κ1) is 12.4. The van der Waals surface area contributed by atoms with Crippen molar-refractivity contribution in [2.75, 3.05) is 28.4 Å². The quantitative estimate of drug-likeness (QED) is 0.833. The van der Waals surface area contributed by atoms with Gasteiger partial charge in [0.2, 0.25) is 0 Å². The molecule has 0 saturated heterocycles. The van der Waals surface area contributed by atoms with Gasteiger partial charge in [-0.3, -0.25) is 0 Å². The summed E-state index contributed by atoms with van der Waals surface area (Å²) in [5.74, 6) is 2.90. The summed E-state index contributed by atoms with van der Waals surface area (Å²) in [7, 11) is 6.50. The van der Waals surface area contributed by atoms with Crippen LogP contribution in [0.25, 0.3) is 10.8 Å². The van der Waals surface area contributed by atoms with E-state index in [1.165, 1.54) is 0 Å². The molecule has 0 amide bonds. The van der Waals surface area contributed by atoms with Gasteiger partial charge in [0.1, 0.15) is 23.0 Å². The van der Waals surface area contributed by atoms with Gasteiger partial charge in [0.15, 0.2) is 0 Å². The highest BCUT2D eigenvalue weighted by Gasteiger charge is 2.14. The van der Waals surface area contributed by atoms with Crippen molar-refractivity contribution in [2.24, 2.45) is 0 Å². The second kappa shape index (κ2) is 5.04. The van der Waals surface area contributed by atoms with Crippen LogP contribution in [0.5, 0.6) is 23.0 Å². The van der Waals surface area contributed by atoms with Crippen LogP contribution in [-0.4, -0.2) is 28.4 Å². The molecule has 0 fully saturated rings. The maximum atomic E-state index is 5.40. The third-order valence-corrected chi connectivity index (χ3v) is 2.87. The molecule has 0 aliphatic rings. The molecule has 0 aliphatic carbocycles. The third kappa shape index (κ3) is 1.90. The molecule has 2 aromatic rings. The molecule has 0 unspecified atom stereocenters. The van der Waals surface area contributed by atoms with Gasteiger partial charge in [-0.25, -0.2) is 0 Å². The molecule has 0 heterocycles. The Hall–Kier alpha value is -2.10. The Labute approximate surface area is 106 Å². The number of methoxy groups -OCH3 is 4. The number of benzene rings is 2. The fourth-order valence-corrected chi connectivity index (χ4v) is 1.99. The molecule has 2 rings (SSSR count). The maximum Gasteiger partial charge on any atom is 0.134 e. The van der Waals surface area contributed by atoms with E-state index in [4.69, 9.17) is 18.9 Å². The highest BCUT2D eigenvalue weighted by molar-refractivity contribution is 5.99. The van der Waals surface area contributed by atoms with Crippen LogP contribution in [-0.2, 0) is 0 Å². The SMILES string of the molecule is COc1cc(OC)c2c(OC)ccc(OC)c2c1. The normalized spacial score (nSPS) is 10.2. The van der Waals surface area contributed by atoms with Crippen LogP contribution in [0.3, 0.4) is 0 Å². The van der Waals surface area contributed by atoms with Gasteiger partial charge in [0.25, 0.3) is 0 Å². The Kier molecular flexibility index (Phi) is 3.46. The van der Waals surface area contributed by atoms with E-state index in [-0.39, 0.29) is 0 Å². The zero-order valence-corrected chi connectivity index (χ0v) is 10.9. The summed E-state index contributed by atoms with van der Waals surface area (Å²) in [4.78, 5) is 0. The van der Waals surface area contributed by atoms with Crippen LogP contribution >= 0.6 is 0 Å². The van der Waals surface area contributed by atoms with E-state index < -0.39 is 0 Å². The smallest absolute Gasteiger partial charge is 0.134 e. The minimum absolute atomic E-state index is 0.695. The van der Waals surface area contributed by atoms with E-state index in [1.807, 2.05) is 24.3 Å². The number of ether oxygens (including phenoxy) is 4. The first-order valence-electron chi connectivity index (χ1n) is 5.51. The summed E-state index contributed by atoms with van der Waals surface area (Å²) in [6.45, 7) is 0. The monoisotopic (exact) mass is 248 g/mol. The minimum Gasteiger partial charge on any atom is -0.497 e. The van der Waals surface area contributed by atoms with Crippen molar-refractivity contribution >= 4 is 10.8 Å². The standard InChI is InChI=1S/C14H16O4/c1-15-9-7-10-11(16-2)5-6-12(17-3)14(10)13(8-9)18-4/h5-8H,1-4H3. The first-order chi connectivity index (χ1) is 8.74. The number of rotatable bonds is 4. The van der Waals surface area contributed by atoms with Gasteiger partial charge in [-0.1, -0.05) is 0 Å². The number of fused-ring (bicyclic) bond motifs is 1. The molecule has 0 atom stereocenters. The van der Waals surface area contributed by atoms with Crippen molar-refractivity contribution < 1.29 is 18.9 Å². The third-order valence-electron chi connectivity index (χ3n) is 2.87. The highest BCUT2D eigenvalue weighted by atomic mass is 16.5. The van der Waals surface area contributed by atoms with Crippen molar-refractivity contribution in [3.8, 4) is 23.0 Å². The lowest BCUT2D eigenvalue weighted by Crippen LogP contribution is -1.94. The van der Waals surface area contributed by atoms with Crippen molar-refractivity contribution in [3.63, 3.8) is 0 Å². The lowest BCUT2D eigenvalue weighted by molar-refractivity contribution is 0.390. The molecular formula is C14H16O4. The lowest BCUT2D eigenvalue weighted by Gasteiger charge is -2.14. The van der Waals surface area contributed by atoms with Gasteiger partial charge in [-0.2, -0.15) is 0 Å². The Morgan fingerprint density at radius 2 is 1.28 bits per heavy atom. The molecule has 96 valence electrons. The molecule has 0 aliphatic heterocycles. The molecule has 0 bridgehead atoms. The molecule has 0 spiro atoms. The Bertz CT molecular complexity index is 563. The molecule has 18 heavy (non-hydrogen) atoms. The van der Waals surface area contributed by atoms with E-state index in [9.17, 15) is 0 Å². The zero-order chi connectivity index (χ0) is 13.1.